The summed E-state index contributed by atoms with van der Waals surface area (Å²) in [5.74, 6) is -0.0459. The second-order valence-corrected chi connectivity index (χ2v) is 4.58. The summed E-state index contributed by atoms with van der Waals surface area (Å²) in [6.07, 6.45) is 3.33. The highest BCUT2D eigenvalue weighted by molar-refractivity contribution is 9.10. The van der Waals surface area contributed by atoms with Crippen LogP contribution in [0, 0.1) is 13.8 Å². The van der Waals surface area contributed by atoms with Crippen LogP contribution in [0.15, 0.2) is 33.8 Å². The van der Waals surface area contributed by atoms with Crippen LogP contribution in [0.3, 0.4) is 0 Å². The predicted molar refractivity (Wildman–Crippen MR) is 68.7 cm³/mol. The van der Waals surface area contributed by atoms with Gasteiger partial charge in [0, 0.05) is 24.2 Å². The smallest absolute Gasteiger partial charge is 0.273 e. The molecule has 0 aliphatic carbocycles. The fraction of sp³-hybridized carbons (Fsp3) is 0.167. The van der Waals surface area contributed by atoms with Crippen LogP contribution < -0.4 is 5.56 Å². The summed E-state index contributed by atoms with van der Waals surface area (Å²) >= 11 is 3.09. The van der Waals surface area contributed by atoms with Gasteiger partial charge in [-0.25, -0.2) is 0 Å². The fourth-order valence-corrected chi connectivity index (χ4v) is 2.00. The van der Waals surface area contributed by atoms with Crippen LogP contribution in [-0.4, -0.2) is 14.7 Å². The first-order valence-corrected chi connectivity index (χ1v) is 5.83. The number of pyridine rings is 2. The molecule has 0 aromatic carbocycles. The third kappa shape index (κ3) is 1.98. The summed E-state index contributed by atoms with van der Waals surface area (Å²) in [6, 6.07) is 3.32. The average molecular weight is 295 g/mol. The maximum atomic E-state index is 12.1. The molecule has 0 fully saturated rings. The molecule has 2 aromatic rings. The summed E-state index contributed by atoms with van der Waals surface area (Å²) in [5, 5.41) is 9.55. The Hall–Kier alpha value is -1.62. The number of hydrogen-bond donors (Lipinski definition) is 1. The zero-order chi connectivity index (χ0) is 12.6. The Labute approximate surface area is 107 Å². The van der Waals surface area contributed by atoms with Crippen molar-refractivity contribution < 1.29 is 5.11 Å². The Balaban J connectivity index is 2.82. The molecule has 1 N–H and O–H groups in total. The van der Waals surface area contributed by atoms with E-state index >= 15 is 0 Å². The number of aryl methyl sites for hydroxylation is 2. The van der Waals surface area contributed by atoms with E-state index in [1.54, 1.807) is 36.0 Å². The van der Waals surface area contributed by atoms with Crippen LogP contribution in [0.5, 0.6) is 5.75 Å². The van der Waals surface area contributed by atoms with Gasteiger partial charge in [0.1, 0.15) is 10.2 Å². The van der Waals surface area contributed by atoms with Gasteiger partial charge < -0.3 is 5.11 Å². The largest absolute Gasteiger partial charge is 0.506 e. The molecule has 0 radical (unpaired) electrons. The molecule has 0 unspecified atom stereocenters. The van der Waals surface area contributed by atoms with Crippen LogP contribution in [0.1, 0.15) is 11.3 Å². The van der Waals surface area contributed by atoms with Gasteiger partial charge in [-0.3, -0.25) is 14.3 Å². The highest BCUT2D eigenvalue weighted by Crippen LogP contribution is 2.22. The van der Waals surface area contributed by atoms with Gasteiger partial charge in [0.2, 0.25) is 0 Å². The molecule has 0 amide bonds. The van der Waals surface area contributed by atoms with Crippen molar-refractivity contribution in [3.63, 3.8) is 0 Å². The number of aromatic hydroxyl groups is 1. The molecular formula is C12H11BrN2O2. The van der Waals surface area contributed by atoms with Crippen molar-refractivity contribution in [2.24, 2.45) is 0 Å². The molecule has 0 saturated carbocycles. The molecule has 4 nitrogen and oxygen atoms in total. The predicted octanol–water partition coefficient (Wildman–Crippen LogP) is 2.32. The van der Waals surface area contributed by atoms with E-state index in [4.69, 9.17) is 0 Å². The highest BCUT2D eigenvalue weighted by atomic mass is 79.9. The highest BCUT2D eigenvalue weighted by Gasteiger charge is 2.12. The molecule has 0 saturated heterocycles. The normalized spacial score (nSPS) is 10.5. The topological polar surface area (TPSA) is 55.1 Å². The number of nitrogens with zero attached hydrogens (tertiary/aromatic N) is 2. The lowest BCUT2D eigenvalue weighted by Crippen LogP contribution is -2.21. The molecule has 0 bridgehead atoms. The maximum absolute atomic E-state index is 12.1. The second-order valence-electron chi connectivity index (χ2n) is 3.79. The zero-order valence-corrected chi connectivity index (χ0v) is 11.0. The van der Waals surface area contributed by atoms with Gasteiger partial charge in [-0.05, 0) is 41.4 Å². The molecule has 2 heterocycles. The van der Waals surface area contributed by atoms with Gasteiger partial charge in [0.15, 0.2) is 0 Å². The van der Waals surface area contributed by atoms with Crippen molar-refractivity contribution in [1.29, 1.82) is 0 Å². The summed E-state index contributed by atoms with van der Waals surface area (Å²) in [7, 11) is 0. The van der Waals surface area contributed by atoms with E-state index in [1.807, 2.05) is 6.92 Å². The standard InChI is InChI=1S/C12H11BrN2O2/c1-7-6-14-4-3-9(7)15-8(2)5-10(16)11(13)12(15)17/h3-6,16H,1-2H3. The van der Waals surface area contributed by atoms with Crippen LogP contribution in [0.25, 0.3) is 5.69 Å². The lowest BCUT2D eigenvalue weighted by molar-refractivity contribution is 0.468. The second kappa shape index (κ2) is 4.33. The molecule has 2 aromatic heterocycles. The van der Waals surface area contributed by atoms with Gasteiger partial charge in [-0.1, -0.05) is 0 Å². The minimum absolute atomic E-state index is 0.0459. The van der Waals surface area contributed by atoms with Crippen molar-refractivity contribution in [2.75, 3.05) is 0 Å². The molecular weight excluding hydrogens is 284 g/mol. The van der Waals surface area contributed by atoms with Crippen molar-refractivity contribution in [3.8, 4) is 11.4 Å². The van der Waals surface area contributed by atoms with Crippen molar-refractivity contribution >= 4 is 15.9 Å². The van der Waals surface area contributed by atoms with Gasteiger partial charge >= 0.3 is 0 Å². The van der Waals surface area contributed by atoms with E-state index in [-0.39, 0.29) is 15.8 Å². The van der Waals surface area contributed by atoms with Gasteiger partial charge in [0.05, 0.1) is 5.69 Å². The number of rotatable bonds is 1. The van der Waals surface area contributed by atoms with Crippen LogP contribution in [-0.2, 0) is 0 Å². The third-order valence-electron chi connectivity index (χ3n) is 2.55. The van der Waals surface area contributed by atoms with Crippen molar-refractivity contribution in [1.82, 2.24) is 9.55 Å². The van der Waals surface area contributed by atoms with Crippen LogP contribution in [0.4, 0.5) is 0 Å². The van der Waals surface area contributed by atoms with E-state index in [0.717, 1.165) is 11.3 Å². The third-order valence-corrected chi connectivity index (χ3v) is 3.29. The SMILES string of the molecule is Cc1cnccc1-n1c(C)cc(O)c(Br)c1=O. The van der Waals surface area contributed by atoms with Gasteiger partial charge in [0.25, 0.3) is 5.56 Å². The molecule has 17 heavy (non-hydrogen) atoms. The van der Waals surface area contributed by atoms with E-state index in [2.05, 4.69) is 20.9 Å². The summed E-state index contributed by atoms with van der Waals surface area (Å²) < 4.78 is 1.71. The molecule has 5 heteroatoms. The molecule has 0 spiro atoms. The molecule has 2 rings (SSSR count). The van der Waals surface area contributed by atoms with E-state index in [9.17, 15) is 9.90 Å². The lowest BCUT2D eigenvalue weighted by atomic mass is 10.2. The summed E-state index contributed by atoms with van der Waals surface area (Å²) in [5.41, 5.74) is 2.06. The van der Waals surface area contributed by atoms with Crippen molar-refractivity contribution in [3.05, 3.63) is 50.6 Å². The lowest BCUT2D eigenvalue weighted by Gasteiger charge is -2.13. The van der Waals surface area contributed by atoms with E-state index < -0.39 is 0 Å². The van der Waals surface area contributed by atoms with Crippen LogP contribution in [0.2, 0.25) is 0 Å². The average Bonchev–Trinajstić information content (AvgIpc) is 2.29. The van der Waals surface area contributed by atoms with Crippen LogP contribution >= 0.6 is 15.9 Å². The Morgan fingerprint density at radius 3 is 2.76 bits per heavy atom. The first kappa shape index (κ1) is 11.9. The summed E-state index contributed by atoms with van der Waals surface area (Å²) in [6.45, 7) is 3.66. The van der Waals surface area contributed by atoms with E-state index in [1.165, 1.54) is 0 Å². The molecule has 0 aliphatic heterocycles. The number of hydrogen-bond acceptors (Lipinski definition) is 3. The Kier molecular flexibility index (Phi) is 3.02. The van der Waals surface area contributed by atoms with E-state index in [0.29, 0.717) is 5.69 Å². The zero-order valence-electron chi connectivity index (χ0n) is 9.44. The van der Waals surface area contributed by atoms with Crippen molar-refractivity contribution in [2.45, 2.75) is 13.8 Å². The van der Waals surface area contributed by atoms with Gasteiger partial charge in [-0.2, -0.15) is 0 Å². The quantitative estimate of drug-likeness (QED) is 0.878. The number of aromatic nitrogens is 2. The Morgan fingerprint density at radius 1 is 1.41 bits per heavy atom. The minimum atomic E-state index is -0.281. The summed E-state index contributed by atoms with van der Waals surface area (Å²) in [4.78, 5) is 16.1. The molecule has 0 aliphatic rings. The molecule has 88 valence electrons. The first-order valence-electron chi connectivity index (χ1n) is 5.04. The minimum Gasteiger partial charge on any atom is -0.506 e. The Bertz CT molecular complexity index is 635. The Morgan fingerprint density at radius 2 is 2.12 bits per heavy atom. The first-order chi connectivity index (χ1) is 8.02. The van der Waals surface area contributed by atoms with Gasteiger partial charge in [-0.15, -0.1) is 0 Å². The maximum Gasteiger partial charge on any atom is 0.273 e. The molecule has 0 atom stereocenters. The fourth-order valence-electron chi connectivity index (χ4n) is 1.71. The number of halogens is 1. The monoisotopic (exact) mass is 294 g/mol.